The predicted molar refractivity (Wildman–Crippen MR) is 109 cm³/mol. The van der Waals surface area contributed by atoms with Gasteiger partial charge in [-0.05, 0) is 17.2 Å². The number of benzene rings is 3. The average molecular weight is 388 g/mol. The Balaban J connectivity index is 1.55. The number of hydrogen-bond acceptors (Lipinski definition) is 5. The van der Waals surface area contributed by atoms with Crippen molar-refractivity contribution in [3.63, 3.8) is 0 Å². The van der Waals surface area contributed by atoms with Crippen molar-refractivity contribution in [2.24, 2.45) is 0 Å². The van der Waals surface area contributed by atoms with Crippen LogP contribution in [0.5, 0.6) is 11.5 Å². The maximum Gasteiger partial charge on any atom is 0.343 e. The first-order valence-electron chi connectivity index (χ1n) is 9.27. The molecule has 0 saturated carbocycles. The van der Waals surface area contributed by atoms with Crippen LogP contribution >= 0.6 is 0 Å². The third kappa shape index (κ3) is 3.47. The predicted octanol–water partition coefficient (Wildman–Crippen LogP) is 4.86. The van der Waals surface area contributed by atoms with Crippen molar-refractivity contribution in [1.82, 2.24) is 0 Å². The highest BCUT2D eigenvalue weighted by molar-refractivity contribution is 6.01. The van der Waals surface area contributed by atoms with Crippen LogP contribution in [0.15, 0.2) is 66.7 Å². The molecule has 5 nitrogen and oxygen atoms in total. The molecule has 0 fully saturated rings. The highest BCUT2D eigenvalue weighted by atomic mass is 16.6. The number of ether oxygens (including phenoxy) is 3. The van der Waals surface area contributed by atoms with E-state index in [-0.39, 0.29) is 12.2 Å². The molecule has 0 N–H and O–H groups in total. The molecule has 3 aromatic carbocycles. The molecule has 0 bridgehead atoms. The standard InChI is InChI=1S/C24H20O5/c1-27-20-13-12-18-21(29-24(26)22(18)23(20)28-2)14-19(25)17-10-8-16(9-11-17)15-6-4-3-5-7-15/h3-13,21H,14H2,1-2H3. The molecule has 1 unspecified atom stereocenters. The summed E-state index contributed by atoms with van der Waals surface area (Å²) in [5.41, 5.74) is 3.67. The van der Waals surface area contributed by atoms with Gasteiger partial charge in [0.1, 0.15) is 11.7 Å². The monoisotopic (exact) mass is 388 g/mol. The zero-order valence-corrected chi connectivity index (χ0v) is 16.2. The number of fused-ring (bicyclic) bond motifs is 1. The number of ketones is 1. The third-order valence-electron chi connectivity index (χ3n) is 5.06. The second kappa shape index (κ2) is 7.80. The highest BCUT2D eigenvalue weighted by Crippen LogP contribution is 2.43. The lowest BCUT2D eigenvalue weighted by Crippen LogP contribution is -2.07. The minimum Gasteiger partial charge on any atom is -0.493 e. The molecule has 0 aliphatic carbocycles. The highest BCUT2D eigenvalue weighted by Gasteiger charge is 2.36. The van der Waals surface area contributed by atoms with Crippen LogP contribution in [0.2, 0.25) is 0 Å². The van der Waals surface area contributed by atoms with Crippen molar-refractivity contribution in [1.29, 1.82) is 0 Å². The summed E-state index contributed by atoms with van der Waals surface area (Å²) < 4.78 is 16.0. The molecule has 4 rings (SSSR count). The normalized spacial score (nSPS) is 14.8. The van der Waals surface area contributed by atoms with E-state index < -0.39 is 12.1 Å². The van der Waals surface area contributed by atoms with Gasteiger partial charge in [0, 0.05) is 11.1 Å². The molecule has 29 heavy (non-hydrogen) atoms. The lowest BCUT2D eigenvalue weighted by molar-refractivity contribution is 0.0365. The van der Waals surface area contributed by atoms with Crippen molar-refractivity contribution in [3.05, 3.63) is 83.4 Å². The van der Waals surface area contributed by atoms with E-state index in [4.69, 9.17) is 14.2 Å². The Morgan fingerprint density at radius 1 is 0.897 bits per heavy atom. The lowest BCUT2D eigenvalue weighted by atomic mass is 9.96. The van der Waals surface area contributed by atoms with Crippen molar-refractivity contribution in [2.75, 3.05) is 14.2 Å². The first-order chi connectivity index (χ1) is 14.1. The van der Waals surface area contributed by atoms with E-state index in [1.165, 1.54) is 14.2 Å². The van der Waals surface area contributed by atoms with Gasteiger partial charge in [-0.1, -0.05) is 60.7 Å². The summed E-state index contributed by atoms with van der Waals surface area (Å²) in [6.07, 6.45) is -0.572. The maximum absolute atomic E-state index is 12.8. The number of carbonyl (C=O) groups excluding carboxylic acids is 2. The Morgan fingerprint density at radius 3 is 2.24 bits per heavy atom. The molecule has 1 aliphatic rings. The van der Waals surface area contributed by atoms with E-state index in [0.717, 1.165) is 11.1 Å². The molecule has 3 aromatic rings. The van der Waals surface area contributed by atoms with Crippen molar-refractivity contribution >= 4 is 11.8 Å². The maximum atomic E-state index is 12.8. The Kier molecular flexibility index (Phi) is 5.04. The zero-order chi connectivity index (χ0) is 20.4. The second-order valence-electron chi connectivity index (χ2n) is 6.73. The smallest absolute Gasteiger partial charge is 0.343 e. The molecule has 1 aliphatic heterocycles. The molecular formula is C24H20O5. The van der Waals surface area contributed by atoms with Crippen LogP contribution in [0.25, 0.3) is 11.1 Å². The number of hydrogen-bond donors (Lipinski definition) is 0. The third-order valence-corrected chi connectivity index (χ3v) is 5.06. The van der Waals surface area contributed by atoms with Gasteiger partial charge < -0.3 is 14.2 Å². The van der Waals surface area contributed by atoms with Crippen LogP contribution in [-0.4, -0.2) is 26.0 Å². The number of Topliss-reactive ketones (excluding diaryl/α,β-unsaturated/α-hetero) is 1. The topological polar surface area (TPSA) is 61.8 Å². The first kappa shape index (κ1) is 18.7. The summed E-state index contributed by atoms with van der Waals surface area (Å²) in [5, 5.41) is 0. The molecule has 5 heteroatoms. The molecule has 0 radical (unpaired) electrons. The van der Waals surface area contributed by atoms with E-state index in [9.17, 15) is 9.59 Å². The van der Waals surface area contributed by atoms with Gasteiger partial charge in [0.05, 0.1) is 20.6 Å². The summed E-state index contributed by atoms with van der Waals surface area (Å²) >= 11 is 0. The van der Waals surface area contributed by atoms with E-state index in [2.05, 4.69) is 0 Å². The van der Waals surface area contributed by atoms with Crippen molar-refractivity contribution in [3.8, 4) is 22.6 Å². The number of esters is 1. The fourth-order valence-electron chi connectivity index (χ4n) is 3.59. The Bertz CT molecular complexity index is 1050. The van der Waals surface area contributed by atoms with Gasteiger partial charge in [-0.25, -0.2) is 4.79 Å². The Morgan fingerprint density at radius 2 is 1.59 bits per heavy atom. The first-order valence-corrected chi connectivity index (χ1v) is 9.27. The van der Waals surface area contributed by atoms with E-state index in [1.54, 1.807) is 24.3 Å². The van der Waals surface area contributed by atoms with Crippen molar-refractivity contribution in [2.45, 2.75) is 12.5 Å². The molecule has 1 heterocycles. The van der Waals surface area contributed by atoms with Crippen LogP contribution in [0.1, 0.15) is 38.8 Å². The van der Waals surface area contributed by atoms with Crippen LogP contribution in [0.4, 0.5) is 0 Å². The quantitative estimate of drug-likeness (QED) is 0.446. The summed E-state index contributed by atoms with van der Waals surface area (Å²) in [5.74, 6) is 0.182. The van der Waals surface area contributed by atoms with Crippen LogP contribution in [0, 0.1) is 0 Å². The van der Waals surface area contributed by atoms with Gasteiger partial charge in [-0.15, -0.1) is 0 Å². The van der Waals surface area contributed by atoms with Crippen LogP contribution < -0.4 is 9.47 Å². The van der Waals surface area contributed by atoms with Gasteiger partial charge in [0.2, 0.25) is 0 Å². The molecule has 1 atom stereocenters. The van der Waals surface area contributed by atoms with Gasteiger partial charge in [0.25, 0.3) is 0 Å². The molecule has 0 amide bonds. The number of carbonyl (C=O) groups is 2. The number of cyclic esters (lactones) is 1. The van der Waals surface area contributed by atoms with Gasteiger partial charge in [-0.3, -0.25) is 4.79 Å². The average Bonchev–Trinajstić information content (AvgIpc) is 3.09. The van der Waals surface area contributed by atoms with E-state index in [0.29, 0.717) is 28.2 Å². The number of rotatable bonds is 6. The molecule has 146 valence electrons. The van der Waals surface area contributed by atoms with Crippen LogP contribution in [-0.2, 0) is 4.74 Å². The lowest BCUT2D eigenvalue weighted by Gasteiger charge is -2.12. The van der Waals surface area contributed by atoms with Crippen molar-refractivity contribution < 1.29 is 23.8 Å². The SMILES string of the molecule is COc1ccc2c(c1OC)C(=O)OC2CC(=O)c1ccc(-c2ccccc2)cc1. The number of methoxy groups -OCH3 is 2. The van der Waals surface area contributed by atoms with Crippen LogP contribution in [0.3, 0.4) is 0 Å². The molecular weight excluding hydrogens is 368 g/mol. The second-order valence-corrected chi connectivity index (χ2v) is 6.73. The zero-order valence-electron chi connectivity index (χ0n) is 16.2. The summed E-state index contributed by atoms with van der Waals surface area (Å²) in [7, 11) is 2.98. The largest absolute Gasteiger partial charge is 0.493 e. The molecule has 0 aromatic heterocycles. The van der Waals surface area contributed by atoms with Gasteiger partial charge >= 0.3 is 5.97 Å². The van der Waals surface area contributed by atoms with Gasteiger partial charge in [-0.2, -0.15) is 0 Å². The molecule has 0 saturated heterocycles. The van der Waals surface area contributed by atoms with Gasteiger partial charge in [0.15, 0.2) is 17.3 Å². The molecule has 0 spiro atoms. The van der Waals surface area contributed by atoms with E-state index in [1.807, 2.05) is 42.5 Å². The van der Waals surface area contributed by atoms with E-state index >= 15 is 0 Å². The fraction of sp³-hybridized carbons (Fsp3) is 0.167. The Labute approximate surface area is 168 Å². The summed E-state index contributed by atoms with van der Waals surface area (Å²) in [6, 6.07) is 20.9. The fourth-order valence-corrected chi connectivity index (χ4v) is 3.59. The Hall–Kier alpha value is -3.60. The summed E-state index contributed by atoms with van der Waals surface area (Å²) in [4.78, 5) is 25.2. The minimum absolute atomic E-state index is 0.0684. The summed E-state index contributed by atoms with van der Waals surface area (Å²) in [6.45, 7) is 0. The minimum atomic E-state index is -0.640.